The third-order valence-corrected chi connectivity index (χ3v) is 6.00. The van der Waals surface area contributed by atoms with Gasteiger partial charge in [0, 0.05) is 25.2 Å². The minimum Gasteiger partial charge on any atom is -0.352 e. The maximum Gasteiger partial charge on any atom is 0.317 e. The van der Waals surface area contributed by atoms with Crippen molar-refractivity contribution in [2.24, 2.45) is 5.92 Å². The monoisotopic (exact) mass is 443 g/mol. The van der Waals surface area contributed by atoms with Crippen LogP contribution in [-0.4, -0.2) is 29.9 Å². The average Bonchev–Trinajstić information content (AvgIpc) is 2.80. The molecule has 2 aromatic rings. The Balaban J connectivity index is 1.72. The van der Waals surface area contributed by atoms with Gasteiger partial charge in [0.25, 0.3) is 0 Å². The number of benzene rings is 2. The lowest BCUT2D eigenvalue weighted by Gasteiger charge is -2.39. The Morgan fingerprint density at radius 1 is 1.06 bits per heavy atom. The molecule has 1 saturated heterocycles. The van der Waals surface area contributed by atoms with E-state index in [1.165, 1.54) is 12.1 Å². The number of piperidine rings is 1. The average molecular weight is 444 g/mol. The van der Waals surface area contributed by atoms with Gasteiger partial charge in [-0.05, 0) is 49.4 Å². The minimum absolute atomic E-state index is 0.102. The van der Waals surface area contributed by atoms with E-state index >= 15 is 0 Å². The first-order chi connectivity index (χ1) is 15.4. The Kier molecular flexibility index (Phi) is 8.20. The van der Waals surface area contributed by atoms with Crippen LogP contribution in [0.3, 0.4) is 0 Å². The van der Waals surface area contributed by atoms with Crippen LogP contribution in [0.5, 0.6) is 0 Å². The SMILES string of the molecule is CCCCNC(=O)N1C[C@H](C(=O)NCc2ccccc2F)CC[C@@H]1c1ccc(F)c(C)c1. The molecule has 7 heteroatoms. The molecule has 3 rings (SSSR count). The highest BCUT2D eigenvalue weighted by atomic mass is 19.1. The normalized spacial score (nSPS) is 18.3. The van der Waals surface area contributed by atoms with Crippen LogP contribution >= 0.6 is 0 Å². The number of aryl methyl sites for hydroxylation is 1. The number of halogens is 2. The van der Waals surface area contributed by atoms with Crippen LogP contribution < -0.4 is 10.6 Å². The van der Waals surface area contributed by atoms with E-state index in [1.807, 2.05) is 6.92 Å². The second kappa shape index (κ2) is 11.1. The predicted molar refractivity (Wildman–Crippen MR) is 120 cm³/mol. The number of hydrogen-bond donors (Lipinski definition) is 2. The number of nitrogens with zero attached hydrogens (tertiary/aromatic N) is 1. The van der Waals surface area contributed by atoms with Gasteiger partial charge in [0.2, 0.25) is 5.91 Å². The molecule has 2 N–H and O–H groups in total. The maximum absolute atomic E-state index is 13.9. The van der Waals surface area contributed by atoms with Gasteiger partial charge in [-0.2, -0.15) is 0 Å². The summed E-state index contributed by atoms with van der Waals surface area (Å²) in [4.78, 5) is 27.5. The van der Waals surface area contributed by atoms with Gasteiger partial charge in [0.1, 0.15) is 11.6 Å². The highest BCUT2D eigenvalue weighted by Gasteiger charge is 2.35. The smallest absolute Gasteiger partial charge is 0.317 e. The number of amides is 3. The molecule has 0 spiro atoms. The van der Waals surface area contributed by atoms with Crippen molar-refractivity contribution < 1.29 is 18.4 Å². The molecule has 1 aliphatic heterocycles. The number of rotatable bonds is 7. The quantitative estimate of drug-likeness (QED) is 0.601. The Hall–Kier alpha value is -2.96. The third-order valence-electron chi connectivity index (χ3n) is 6.00. The fourth-order valence-electron chi connectivity index (χ4n) is 4.07. The molecule has 172 valence electrons. The summed E-state index contributed by atoms with van der Waals surface area (Å²) >= 11 is 0. The summed E-state index contributed by atoms with van der Waals surface area (Å²) in [7, 11) is 0. The zero-order valence-corrected chi connectivity index (χ0v) is 18.7. The van der Waals surface area contributed by atoms with Crippen molar-refractivity contribution in [1.82, 2.24) is 15.5 Å². The van der Waals surface area contributed by atoms with Gasteiger partial charge < -0.3 is 15.5 Å². The van der Waals surface area contributed by atoms with Crippen molar-refractivity contribution in [1.29, 1.82) is 0 Å². The minimum atomic E-state index is -0.392. The van der Waals surface area contributed by atoms with E-state index < -0.39 is 5.92 Å². The van der Waals surface area contributed by atoms with E-state index in [0.29, 0.717) is 30.5 Å². The van der Waals surface area contributed by atoms with Crippen LogP contribution in [0.15, 0.2) is 42.5 Å². The first kappa shape index (κ1) is 23.7. The summed E-state index contributed by atoms with van der Waals surface area (Å²) < 4.78 is 27.6. The van der Waals surface area contributed by atoms with E-state index in [2.05, 4.69) is 10.6 Å². The topological polar surface area (TPSA) is 61.4 Å². The first-order valence-corrected chi connectivity index (χ1v) is 11.2. The number of nitrogens with one attached hydrogen (secondary N) is 2. The van der Waals surface area contributed by atoms with Gasteiger partial charge in [-0.1, -0.05) is 43.7 Å². The summed E-state index contributed by atoms with van der Waals surface area (Å²) in [6.45, 7) is 4.66. The molecule has 0 aliphatic carbocycles. The molecule has 0 radical (unpaired) electrons. The maximum atomic E-state index is 13.9. The number of likely N-dealkylation sites (tertiary alicyclic amines) is 1. The zero-order chi connectivity index (χ0) is 23.1. The number of hydrogen-bond acceptors (Lipinski definition) is 2. The standard InChI is InChI=1S/C25H31F2N3O2/c1-3-4-13-28-25(32)30-16-20(24(31)29-15-19-7-5-6-8-22(19)27)10-12-23(30)18-9-11-21(26)17(2)14-18/h5-9,11,14,20,23H,3-4,10,12-13,15-16H2,1-2H3,(H,28,32)(H,29,31)/t20-,23-/m1/s1. The van der Waals surface area contributed by atoms with Gasteiger partial charge in [-0.3, -0.25) is 4.79 Å². The van der Waals surface area contributed by atoms with Crippen LogP contribution in [0, 0.1) is 24.5 Å². The Labute approximate surface area is 188 Å². The molecular formula is C25H31F2N3O2. The molecule has 2 atom stereocenters. The van der Waals surface area contributed by atoms with Crippen molar-refractivity contribution in [3.8, 4) is 0 Å². The highest BCUT2D eigenvalue weighted by molar-refractivity contribution is 5.81. The van der Waals surface area contributed by atoms with Crippen molar-refractivity contribution in [2.75, 3.05) is 13.1 Å². The van der Waals surface area contributed by atoms with Gasteiger partial charge in [0.15, 0.2) is 0 Å². The fraction of sp³-hybridized carbons (Fsp3) is 0.440. The Morgan fingerprint density at radius 3 is 2.56 bits per heavy atom. The molecule has 0 aromatic heterocycles. The lowest BCUT2D eigenvalue weighted by Crippen LogP contribution is -2.50. The van der Waals surface area contributed by atoms with Crippen LogP contribution in [0.2, 0.25) is 0 Å². The summed E-state index contributed by atoms with van der Waals surface area (Å²) in [5.41, 5.74) is 1.81. The number of carbonyl (C=O) groups is 2. The molecule has 0 bridgehead atoms. The molecular weight excluding hydrogens is 412 g/mol. The van der Waals surface area contributed by atoms with Crippen LogP contribution in [0.4, 0.5) is 13.6 Å². The van der Waals surface area contributed by atoms with E-state index in [-0.39, 0.29) is 42.7 Å². The van der Waals surface area contributed by atoms with Crippen molar-refractivity contribution in [3.05, 3.63) is 70.8 Å². The van der Waals surface area contributed by atoms with Crippen molar-refractivity contribution >= 4 is 11.9 Å². The lowest BCUT2D eigenvalue weighted by atomic mass is 9.88. The van der Waals surface area contributed by atoms with E-state index in [4.69, 9.17) is 0 Å². The second-order valence-electron chi connectivity index (χ2n) is 8.35. The molecule has 3 amide bonds. The summed E-state index contributed by atoms with van der Waals surface area (Å²) in [6, 6.07) is 10.8. The van der Waals surface area contributed by atoms with Crippen LogP contribution in [-0.2, 0) is 11.3 Å². The van der Waals surface area contributed by atoms with Crippen LogP contribution in [0.1, 0.15) is 55.3 Å². The summed E-state index contributed by atoms with van der Waals surface area (Å²) in [5, 5.41) is 5.74. The number of carbonyl (C=O) groups excluding carboxylic acids is 2. The summed E-state index contributed by atoms with van der Waals surface area (Å²) in [6.07, 6.45) is 3.00. The summed E-state index contributed by atoms with van der Waals surface area (Å²) in [5.74, 6) is -1.24. The predicted octanol–water partition coefficient (Wildman–Crippen LogP) is 4.85. The molecule has 1 heterocycles. The van der Waals surface area contributed by atoms with Gasteiger partial charge in [0.05, 0.1) is 12.0 Å². The molecule has 1 aliphatic rings. The van der Waals surface area contributed by atoms with E-state index in [1.54, 1.807) is 42.2 Å². The zero-order valence-electron chi connectivity index (χ0n) is 18.7. The molecule has 0 saturated carbocycles. The Bertz CT molecular complexity index is 951. The lowest BCUT2D eigenvalue weighted by molar-refractivity contribution is -0.127. The van der Waals surface area contributed by atoms with E-state index in [9.17, 15) is 18.4 Å². The molecule has 1 fully saturated rings. The first-order valence-electron chi connectivity index (χ1n) is 11.2. The largest absolute Gasteiger partial charge is 0.352 e. The van der Waals surface area contributed by atoms with Gasteiger partial charge in [-0.25, -0.2) is 13.6 Å². The third kappa shape index (κ3) is 5.84. The Morgan fingerprint density at radius 2 is 1.84 bits per heavy atom. The van der Waals surface area contributed by atoms with Gasteiger partial charge in [-0.15, -0.1) is 0 Å². The number of unbranched alkanes of at least 4 members (excludes halogenated alkanes) is 1. The molecule has 32 heavy (non-hydrogen) atoms. The van der Waals surface area contributed by atoms with Crippen molar-refractivity contribution in [3.63, 3.8) is 0 Å². The molecule has 5 nitrogen and oxygen atoms in total. The second-order valence-corrected chi connectivity index (χ2v) is 8.35. The molecule has 0 unspecified atom stereocenters. The fourth-order valence-corrected chi connectivity index (χ4v) is 4.07. The highest BCUT2D eigenvalue weighted by Crippen LogP contribution is 2.34. The number of urea groups is 1. The van der Waals surface area contributed by atoms with E-state index in [0.717, 1.165) is 18.4 Å². The van der Waals surface area contributed by atoms with Crippen LogP contribution in [0.25, 0.3) is 0 Å². The van der Waals surface area contributed by atoms with Gasteiger partial charge >= 0.3 is 6.03 Å². The molecule has 2 aromatic carbocycles. The van der Waals surface area contributed by atoms with Crippen molar-refractivity contribution in [2.45, 2.75) is 52.1 Å².